The number of nitrogens with zero attached hydrogens (tertiary/aromatic N) is 1. The topological polar surface area (TPSA) is 52.0 Å². The van der Waals surface area contributed by atoms with Crippen molar-refractivity contribution >= 4 is 0 Å². The molecule has 0 radical (unpaired) electrons. The highest BCUT2D eigenvalue weighted by molar-refractivity contribution is 4.97. The number of hydrogen-bond donors (Lipinski definition) is 1. The summed E-state index contributed by atoms with van der Waals surface area (Å²) in [6, 6.07) is 1.71. The Morgan fingerprint density at radius 3 is 2.88 bits per heavy atom. The number of nitrogens with two attached hydrogens (primary N) is 1. The van der Waals surface area contributed by atoms with Crippen molar-refractivity contribution in [2.45, 2.75) is 13.0 Å². The average molecular weight is 112 g/mol. The minimum atomic E-state index is -0.0440. The van der Waals surface area contributed by atoms with Crippen LogP contribution in [0.5, 0.6) is 0 Å². The first kappa shape index (κ1) is 5.31. The van der Waals surface area contributed by atoms with E-state index in [0.29, 0.717) is 0 Å². The van der Waals surface area contributed by atoms with Gasteiger partial charge in [0.1, 0.15) is 0 Å². The molecule has 0 spiro atoms. The maximum absolute atomic E-state index is 5.42. The zero-order chi connectivity index (χ0) is 5.98. The summed E-state index contributed by atoms with van der Waals surface area (Å²) in [4.78, 5) is 0. The average Bonchev–Trinajstić information content (AvgIpc) is 2.12. The van der Waals surface area contributed by atoms with Crippen molar-refractivity contribution < 1.29 is 4.52 Å². The van der Waals surface area contributed by atoms with E-state index in [4.69, 9.17) is 10.3 Å². The van der Waals surface area contributed by atoms with E-state index in [9.17, 15) is 0 Å². The third-order valence-electron chi connectivity index (χ3n) is 0.907. The Bertz CT molecular complexity index is 145. The van der Waals surface area contributed by atoms with Gasteiger partial charge in [-0.25, -0.2) is 0 Å². The van der Waals surface area contributed by atoms with Crippen LogP contribution in [-0.2, 0) is 0 Å². The lowest BCUT2D eigenvalue weighted by molar-refractivity contribution is 0.367. The third-order valence-corrected chi connectivity index (χ3v) is 0.907. The zero-order valence-electron chi connectivity index (χ0n) is 4.66. The van der Waals surface area contributed by atoms with Gasteiger partial charge in [0, 0.05) is 6.07 Å². The van der Waals surface area contributed by atoms with E-state index in [1.165, 1.54) is 0 Å². The van der Waals surface area contributed by atoms with Gasteiger partial charge < -0.3 is 10.3 Å². The molecule has 2 N–H and O–H groups in total. The molecule has 0 saturated heterocycles. The van der Waals surface area contributed by atoms with Crippen LogP contribution in [0.1, 0.15) is 18.7 Å². The summed E-state index contributed by atoms with van der Waals surface area (Å²) in [7, 11) is 0. The van der Waals surface area contributed by atoms with Gasteiger partial charge in [0.05, 0.1) is 12.2 Å². The van der Waals surface area contributed by atoms with E-state index in [2.05, 4.69) is 5.16 Å². The number of rotatable bonds is 1. The Kier molecular flexibility index (Phi) is 1.30. The quantitative estimate of drug-likeness (QED) is 0.581. The molecule has 1 rings (SSSR count). The van der Waals surface area contributed by atoms with Gasteiger partial charge >= 0.3 is 0 Å². The van der Waals surface area contributed by atoms with Crippen LogP contribution < -0.4 is 5.73 Å². The predicted octanol–water partition coefficient (Wildman–Crippen LogP) is 0.694. The number of hydrogen-bond acceptors (Lipinski definition) is 3. The molecular formula is C5H8N2O. The summed E-state index contributed by atoms with van der Waals surface area (Å²) in [5, 5.41) is 3.49. The van der Waals surface area contributed by atoms with E-state index in [1.807, 2.05) is 6.92 Å². The molecule has 1 heterocycles. The summed E-state index contributed by atoms with van der Waals surface area (Å²) >= 11 is 0. The fourth-order valence-corrected chi connectivity index (χ4v) is 0.461. The second-order valence-corrected chi connectivity index (χ2v) is 1.70. The van der Waals surface area contributed by atoms with Crippen LogP contribution in [-0.4, -0.2) is 5.16 Å². The van der Waals surface area contributed by atoms with Crippen LogP contribution in [0.2, 0.25) is 0 Å². The Morgan fingerprint density at radius 1 is 1.88 bits per heavy atom. The Labute approximate surface area is 47.5 Å². The second-order valence-electron chi connectivity index (χ2n) is 1.70. The van der Waals surface area contributed by atoms with Gasteiger partial charge in [-0.2, -0.15) is 0 Å². The van der Waals surface area contributed by atoms with Crippen molar-refractivity contribution in [3.05, 3.63) is 18.0 Å². The molecular weight excluding hydrogens is 104 g/mol. The highest BCUT2D eigenvalue weighted by atomic mass is 16.5. The summed E-state index contributed by atoms with van der Waals surface area (Å²) in [6.45, 7) is 1.85. The smallest absolute Gasteiger partial charge is 0.153 e. The molecule has 1 unspecified atom stereocenters. The van der Waals surface area contributed by atoms with Crippen molar-refractivity contribution in [2.75, 3.05) is 0 Å². The van der Waals surface area contributed by atoms with Crippen molar-refractivity contribution in [2.24, 2.45) is 5.73 Å². The highest BCUT2D eigenvalue weighted by Gasteiger charge is 1.99. The summed E-state index contributed by atoms with van der Waals surface area (Å²) < 4.78 is 4.72. The highest BCUT2D eigenvalue weighted by Crippen LogP contribution is 2.05. The molecule has 0 fully saturated rings. The summed E-state index contributed by atoms with van der Waals surface area (Å²) in [5.74, 6) is 0.727. The Morgan fingerprint density at radius 2 is 2.62 bits per heavy atom. The molecule has 0 saturated carbocycles. The number of aromatic nitrogens is 1. The lowest BCUT2D eigenvalue weighted by Gasteiger charge is -1.93. The standard InChI is InChI=1S/C5H8N2O/c1-4(6)5-2-3-7-8-5/h2-4H,6H2,1H3. The largest absolute Gasteiger partial charge is 0.360 e. The van der Waals surface area contributed by atoms with Crippen molar-refractivity contribution in [3.8, 4) is 0 Å². The lowest BCUT2D eigenvalue weighted by Crippen LogP contribution is -2.02. The minimum absolute atomic E-state index is 0.0440. The molecule has 3 nitrogen and oxygen atoms in total. The molecule has 3 heteroatoms. The fourth-order valence-electron chi connectivity index (χ4n) is 0.461. The van der Waals surface area contributed by atoms with Gasteiger partial charge in [0.2, 0.25) is 0 Å². The van der Waals surface area contributed by atoms with Gasteiger partial charge in [0.25, 0.3) is 0 Å². The SMILES string of the molecule is CC(N)c1ccno1. The molecule has 0 amide bonds. The first-order valence-corrected chi connectivity index (χ1v) is 2.47. The molecule has 1 aromatic rings. The maximum Gasteiger partial charge on any atom is 0.153 e. The molecule has 0 aliphatic heterocycles. The van der Waals surface area contributed by atoms with Crippen LogP contribution in [0.25, 0.3) is 0 Å². The van der Waals surface area contributed by atoms with E-state index in [1.54, 1.807) is 12.3 Å². The van der Waals surface area contributed by atoms with Gasteiger partial charge in [-0.1, -0.05) is 5.16 Å². The summed E-state index contributed by atoms with van der Waals surface area (Å²) in [6.07, 6.45) is 1.58. The molecule has 1 atom stereocenters. The summed E-state index contributed by atoms with van der Waals surface area (Å²) in [5.41, 5.74) is 5.42. The zero-order valence-corrected chi connectivity index (χ0v) is 4.66. The molecule has 0 aromatic carbocycles. The van der Waals surface area contributed by atoms with Crippen LogP contribution in [0.15, 0.2) is 16.8 Å². The first-order chi connectivity index (χ1) is 3.80. The first-order valence-electron chi connectivity index (χ1n) is 2.47. The van der Waals surface area contributed by atoms with Gasteiger partial charge in [-0.3, -0.25) is 0 Å². The lowest BCUT2D eigenvalue weighted by atomic mass is 10.3. The van der Waals surface area contributed by atoms with Crippen LogP contribution in [0, 0.1) is 0 Å². The normalized spacial score (nSPS) is 13.8. The molecule has 1 aromatic heterocycles. The van der Waals surface area contributed by atoms with E-state index < -0.39 is 0 Å². The molecule has 0 aliphatic carbocycles. The van der Waals surface area contributed by atoms with Crippen LogP contribution >= 0.6 is 0 Å². The van der Waals surface area contributed by atoms with Crippen molar-refractivity contribution in [1.29, 1.82) is 0 Å². The molecule has 44 valence electrons. The molecule has 8 heavy (non-hydrogen) atoms. The van der Waals surface area contributed by atoms with Crippen LogP contribution in [0.3, 0.4) is 0 Å². The van der Waals surface area contributed by atoms with Crippen molar-refractivity contribution in [1.82, 2.24) is 5.16 Å². The minimum Gasteiger partial charge on any atom is -0.360 e. The predicted molar refractivity (Wildman–Crippen MR) is 29.1 cm³/mol. The third kappa shape index (κ3) is 0.869. The van der Waals surface area contributed by atoms with Gasteiger partial charge in [-0.05, 0) is 6.92 Å². The van der Waals surface area contributed by atoms with E-state index in [-0.39, 0.29) is 6.04 Å². The van der Waals surface area contributed by atoms with E-state index in [0.717, 1.165) is 5.76 Å². The second kappa shape index (κ2) is 1.96. The van der Waals surface area contributed by atoms with E-state index >= 15 is 0 Å². The Hall–Kier alpha value is -0.830. The monoisotopic (exact) mass is 112 g/mol. The molecule has 0 aliphatic rings. The molecule has 0 bridgehead atoms. The van der Waals surface area contributed by atoms with Gasteiger partial charge in [0.15, 0.2) is 5.76 Å². The fraction of sp³-hybridized carbons (Fsp3) is 0.400. The Balaban J connectivity index is 2.77. The maximum atomic E-state index is 5.42. The van der Waals surface area contributed by atoms with Crippen LogP contribution in [0.4, 0.5) is 0 Å². The van der Waals surface area contributed by atoms with Gasteiger partial charge in [-0.15, -0.1) is 0 Å². The van der Waals surface area contributed by atoms with Crippen molar-refractivity contribution in [3.63, 3.8) is 0 Å².